The number of carboxylic acids is 1. The van der Waals surface area contributed by atoms with Gasteiger partial charge in [-0.3, -0.25) is 19.2 Å². The summed E-state index contributed by atoms with van der Waals surface area (Å²) < 4.78 is 16.6. The number of carbonyl (C=O) groups is 4. The van der Waals surface area contributed by atoms with E-state index in [1.165, 1.54) is 20.9 Å². The Morgan fingerprint density at radius 2 is 1.45 bits per heavy atom. The number of carboxylic acid groups (broad SMARTS) is 1. The zero-order valence-corrected chi connectivity index (χ0v) is 27.3. The molecule has 40 heavy (non-hydrogen) atoms. The molecule has 0 bridgehead atoms. The van der Waals surface area contributed by atoms with E-state index in [9.17, 15) is 19.2 Å². The van der Waals surface area contributed by atoms with Gasteiger partial charge in [0.2, 0.25) is 5.91 Å². The number of rotatable bonds is 10. The number of nitrogens with two attached hydrogens (primary N) is 1. The largest absolute Gasteiger partial charge is 0.481 e. The van der Waals surface area contributed by atoms with E-state index in [1.54, 1.807) is 6.92 Å². The molecule has 1 aliphatic rings. The normalized spacial score (nSPS) is 23.5. The molecule has 1 fully saturated rings. The number of esters is 1. The lowest BCUT2D eigenvalue weighted by Crippen LogP contribution is -2.58. The standard InChI is InChI=1S/C17H29NO7.C12H24O.CH5N/c1-6-14(20)18-15-11(4)10(3)13(8-23-12(5)19)25-17(15)24-7-9(2)16(21)22;1-8-9(13)10(11(2,3)4)12(5,6)7;1-2/h9-11,13,15,17H,6-8H2,1-5H3,(H,18,20)(H,21,22);10H,8H2,1-7H3;2H2,1H3/t9-,10?,11?,13?,15?,17?;;/m0../s1. The molecule has 0 saturated carbocycles. The number of ether oxygens (including phenoxy) is 3. The lowest BCUT2D eigenvalue weighted by atomic mass is 9.64. The van der Waals surface area contributed by atoms with Gasteiger partial charge >= 0.3 is 11.9 Å². The van der Waals surface area contributed by atoms with Gasteiger partial charge in [-0.15, -0.1) is 0 Å². The highest BCUT2D eigenvalue weighted by Crippen LogP contribution is 2.41. The van der Waals surface area contributed by atoms with Crippen molar-refractivity contribution in [3.8, 4) is 0 Å². The van der Waals surface area contributed by atoms with E-state index >= 15 is 0 Å². The molecule has 0 aromatic heterocycles. The van der Waals surface area contributed by atoms with Crippen LogP contribution in [-0.2, 0) is 33.4 Å². The predicted molar refractivity (Wildman–Crippen MR) is 156 cm³/mol. The van der Waals surface area contributed by atoms with Crippen molar-refractivity contribution in [3.05, 3.63) is 0 Å². The number of hydrogen-bond donors (Lipinski definition) is 3. The molecule has 10 nitrogen and oxygen atoms in total. The first kappa shape index (κ1) is 40.1. The Morgan fingerprint density at radius 1 is 0.950 bits per heavy atom. The number of carbonyl (C=O) groups excluding carboxylic acids is 3. The van der Waals surface area contributed by atoms with Crippen LogP contribution in [0, 0.1) is 34.5 Å². The summed E-state index contributed by atoms with van der Waals surface area (Å²) >= 11 is 0. The number of ketones is 1. The van der Waals surface area contributed by atoms with Crippen molar-refractivity contribution in [2.24, 2.45) is 40.2 Å². The smallest absolute Gasteiger partial charge is 0.308 e. The van der Waals surface area contributed by atoms with Crippen molar-refractivity contribution in [1.29, 1.82) is 0 Å². The summed E-state index contributed by atoms with van der Waals surface area (Å²) in [6.07, 6.45) is -0.214. The molecule has 236 valence electrons. The first-order valence-electron chi connectivity index (χ1n) is 14.3. The van der Waals surface area contributed by atoms with Gasteiger partial charge in [-0.05, 0) is 36.6 Å². The molecule has 1 aliphatic heterocycles. The quantitative estimate of drug-likeness (QED) is 0.321. The van der Waals surface area contributed by atoms with E-state index < -0.39 is 30.2 Å². The summed E-state index contributed by atoms with van der Waals surface area (Å²) in [6.45, 7) is 23.4. The van der Waals surface area contributed by atoms with Crippen molar-refractivity contribution in [2.45, 2.75) is 114 Å². The third kappa shape index (κ3) is 14.0. The molecule has 0 aromatic carbocycles. The summed E-state index contributed by atoms with van der Waals surface area (Å²) in [5.74, 6) is -1.65. The third-order valence-corrected chi connectivity index (χ3v) is 7.02. The molecule has 10 heteroatoms. The molecule has 6 atom stereocenters. The Balaban J connectivity index is 0. The molecule has 1 heterocycles. The van der Waals surface area contributed by atoms with E-state index in [-0.39, 0.29) is 53.8 Å². The number of hydrogen-bond acceptors (Lipinski definition) is 8. The third-order valence-electron chi connectivity index (χ3n) is 7.02. The average Bonchev–Trinajstić information content (AvgIpc) is 2.84. The van der Waals surface area contributed by atoms with Crippen LogP contribution in [0.4, 0.5) is 0 Å². The van der Waals surface area contributed by atoms with Crippen LogP contribution in [0.25, 0.3) is 0 Å². The van der Waals surface area contributed by atoms with E-state index in [0.717, 1.165) is 0 Å². The van der Waals surface area contributed by atoms with Crippen LogP contribution >= 0.6 is 0 Å². The fraction of sp³-hybridized carbons (Fsp3) is 0.867. The Bertz CT molecular complexity index is 774. The van der Waals surface area contributed by atoms with E-state index in [4.69, 9.17) is 19.3 Å². The highest BCUT2D eigenvalue weighted by molar-refractivity contribution is 5.82. The van der Waals surface area contributed by atoms with Crippen LogP contribution in [0.3, 0.4) is 0 Å². The second-order valence-corrected chi connectivity index (χ2v) is 12.6. The van der Waals surface area contributed by atoms with Gasteiger partial charge in [0.15, 0.2) is 6.29 Å². The van der Waals surface area contributed by atoms with Gasteiger partial charge in [0.1, 0.15) is 12.4 Å². The van der Waals surface area contributed by atoms with Crippen LogP contribution < -0.4 is 11.1 Å². The van der Waals surface area contributed by atoms with Crippen molar-refractivity contribution >= 4 is 23.6 Å². The summed E-state index contributed by atoms with van der Waals surface area (Å²) in [5, 5.41) is 11.9. The lowest BCUT2D eigenvalue weighted by molar-refractivity contribution is -0.247. The Morgan fingerprint density at radius 3 is 1.80 bits per heavy atom. The van der Waals surface area contributed by atoms with E-state index in [2.05, 4.69) is 52.6 Å². The summed E-state index contributed by atoms with van der Waals surface area (Å²) in [6, 6.07) is -0.406. The minimum absolute atomic E-state index is 0.00468. The van der Waals surface area contributed by atoms with Crippen molar-refractivity contribution in [3.63, 3.8) is 0 Å². The second-order valence-electron chi connectivity index (χ2n) is 12.6. The maximum atomic E-state index is 11.8. The SMILES string of the molecule is CCC(=O)C(C(C)(C)C)C(C)(C)C.CCC(=O)NC1C(OC[C@H](C)C(=O)O)OC(COC(C)=O)C(C)C1C.CN. The molecule has 5 unspecified atom stereocenters. The summed E-state index contributed by atoms with van der Waals surface area (Å²) in [5.41, 5.74) is 4.65. The fourth-order valence-electron chi connectivity index (χ4n) is 5.09. The van der Waals surface area contributed by atoms with Crippen LogP contribution in [0.15, 0.2) is 0 Å². The maximum Gasteiger partial charge on any atom is 0.308 e. The van der Waals surface area contributed by atoms with Gasteiger partial charge in [-0.1, -0.05) is 69.2 Å². The lowest BCUT2D eigenvalue weighted by Gasteiger charge is -2.44. The Hall–Kier alpha value is -2.04. The number of nitrogens with one attached hydrogen (secondary N) is 1. The maximum absolute atomic E-state index is 11.8. The molecule has 0 aromatic rings. The van der Waals surface area contributed by atoms with Gasteiger partial charge in [-0.25, -0.2) is 0 Å². The second kappa shape index (κ2) is 18.4. The van der Waals surface area contributed by atoms with Gasteiger partial charge in [0, 0.05) is 25.7 Å². The zero-order valence-electron chi connectivity index (χ0n) is 27.3. The molecule has 4 N–H and O–H groups in total. The van der Waals surface area contributed by atoms with Crippen molar-refractivity contribution < 1.29 is 38.5 Å². The zero-order chi connectivity index (χ0) is 32.0. The summed E-state index contributed by atoms with van der Waals surface area (Å²) in [7, 11) is 1.50. The first-order valence-corrected chi connectivity index (χ1v) is 14.3. The highest BCUT2D eigenvalue weighted by atomic mass is 16.7. The Labute approximate surface area is 242 Å². The van der Waals surface area contributed by atoms with Gasteiger partial charge in [0.25, 0.3) is 0 Å². The monoisotopic (exact) mass is 574 g/mol. The average molecular weight is 575 g/mol. The fourth-order valence-corrected chi connectivity index (χ4v) is 5.09. The topological polar surface area (TPSA) is 154 Å². The Kier molecular flexibility index (Phi) is 18.5. The van der Waals surface area contributed by atoms with Crippen LogP contribution in [-0.4, -0.2) is 67.4 Å². The van der Waals surface area contributed by atoms with E-state index in [0.29, 0.717) is 18.6 Å². The number of Topliss-reactive ketones (excluding diaryl/α,β-unsaturated/α-hetero) is 1. The molecule has 0 radical (unpaired) electrons. The van der Waals surface area contributed by atoms with Crippen LogP contribution in [0.5, 0.6) is 0 Å². The highest BCUT2D eigenvalue weighted by Gasteiger charge is 2.43. The van der Waals surface area contributed by atoms with Gasteiger partial charge < -0.3 is 30.4 Å². The first-order chi connectivity index (χ1) is 18.3. The molecule has 1 rings (SSSR count). The molecular weight excluding hydrogens is 516 g/mol. The molecule has 1 amide bonds. The van der Waals surface area contributed by atoms with Crippen molar-refractivity contribution in [1.82, 2.24) is 5.32 Å². The molecule has 0 spiro atoms. The predicted octanol–water partition coefficient (Wildman–Crippen LogP) is 4.43. The molecule has 1 saturated heterocycles. The summed E-state index contributed by atoms with van der Waals surface area (Å²) in [4.78, 5) is 45.7. The minimum Gasteiger partial charge on any atom is -0.481 e. The molecule has 0 aliphatic carbocycles. The van der Waals surface area contributed by atoms with Gasteiger partial charge in [-0.2, -0.15) is 0 Å². The van der Waals surface area contributed by atoms with Crippen LogP contribution in [0.1, 0.15) is 95.9 Å². The number of aliphatic carboxylic acids is 1. The van der Waals surface area contributed by atoms with E-state index in [1.807, 2.05) is 20.8 Å². The van der Waals surface area contributed by atoms with Crippen LogP contribution in [0.2, 0.25) is 0 Å². The van der Waals surface area contributed by atoms with Gasteiger partial charge in [0.05, 0.1) is 24.7 Å². The molecular formula is C30H58N2O8. The van der Waals surface area contributed by atoms with Crippen molar-refractivity contribution in [2.75, 3.05) is 20.3 Å². The minimum atomic E-state index is -0.970. The number of amides is 1.